The maximum atomic E-state index is 12.8. The second-order valence-electron chi connectivity index (χ2n) is 6.93. The first-order valence-corrected chi connectivity index (χ1v) is 9.20. The van der Waals surface area contributed by atoms with Gasteiger partial charge in [0.2, 0.25) is 5.91 Å². The lowest BCUT2D eigenvalue weighted by Gasteiger charge is -2.21. The molecular formula is C21H23N3O2. The van der Waals surface area contributed by atoms with Crippen LogP contribution in [0.5, 0.6) is 0 Å². The van der Waals surface area contributed by atoms with Crippen LogP contribution in [0.15, 0.2) is 42.5 Å². The Morgan fingerprint density at radius 3 is 2.50 bits per heavy atom. The van der Waals surface area contributed by atoms with Crippen LogP contribution < -0.4 is 15.1 Å². The van der Waals surface area contributed by atoms with Crippen LogP contribution in [-0.4, -0.2) is 31.4 Å². The van der Waals surface area contributed by atoms with E-state index in [1.165, 1.54) is 12.8 Å². The summed E-state index contributed by atoms with van der Waals surface area (Å²) >= 11 is 0. The predicted molar refractivity (Wildman–Crippen MR) is 104 cm³/mol. The first kappa shape index (κ1) is 16.6. The molecule has 0 unspecified atom stereocenters. The van der Waals surface area contributed by atoms with Gasteiger partial charge in [-0.3, -0.25) is 9.59 Å². The lowest BCUT2D eigenvalue weighted by atomic mass is 10.1. The van der Waals surface area contributed by atoms with Gasteiger partial charge in [-0.1, -0.05) is 12.1 Å². The minimum atomic E-state index is -0.110. The topological polar surface area (TPSA) is 52.7 Å². The van der Waals surface area contributed by atoms with Gasteiger partial charge in [-0.25, -0.2) is 0 Å². The number of rotatable bonds is 3. The molecule has 2 aliphatic heterocycles. The van der Waals surface area contributed by atoms with Crippen LogP contribution in [0.4, 0.5) is 17.1 Å². The van der Waals surface area contributed by atoms with Crippen LogP contribution in [0, 0.1) is 0 Å². The zero-order valence-electron chi connectivity index (χ0n) is 15.0. The van der Waals surface area contributed by atoms with Gasteiger partial charge >= 0.3 is 0 Å². The van der Waals surface area contributed by atoms with Crippen molar-refractivity contribution in [3.63, 3.8) is 0 Å². The van der Waals surface area contributed by atoms with Gasteiger partial charge in [-0.2, -0.15) is 0 Å². The first-order chi connectivity index (χ1) is 12.6. The molecular weight excluding hydrogens is 326 g/mol. The van der Waals surface area contributed by atoms with E-state index in [1.807, 2.05) is 30.3 Å². The van der Waals surface area contributed by atoms with Crippen LogP contribution >= 0.6 is 0 Å². The molecule has 0 saturated carbocycles. The molecule has 0 spiro atoms. The Balaban J connectivity index is 1.56. The Kier molecular flexibility index (Phi) is 4.37. The molecule has 1 fully saturated rings. The first-order valence-electron chi connectivity index (χ1n) is 9.20. The molecule has 0 radical (unpaired) electrons. The highest BCUT2D eigenvalue weighted by Crippen LogP contribution is 2.31. The minimum Gasteiger partial charge on any atom is -0.370 e. The molecule has 5 nitrogen and oxygen atoms in total. The van der Waals surface area contributed by atoms with Crippen LogP contribution in [0.2, 0.25) is 0 Å². The van der Waals surface area contributed by atoms with Gasteiger partial charge in [0.25, 0.3) is 5.91 Å². The molecule has 2 aliphatic rings. The molecule has 26 heavy (non-hydrogen) atoms. The van der Waals surface area contributed by atoms with E-state index in [4.69, 9.17) is 0 Å². The normalized spacial score (nSPS) is 15.9. The number of carbonyl (C=O) groups is 2. The van der Waals surface area contributed by atoms with Crippen molar-refractivity contribution >= 4 is 28.9 Å². The summed E-state index contributed by atoms with van der Waals surface area (Å²) in [5, 5.41) is 3.07. The number of carbonyl (C=O) groups excluding carboxylic acids is 2. The standard InChI is InChI=1S/C21H23N3O2/c1-15(25)24-13-10-16-14-17(8-9-19(16)24)21(26)22-18-6-2-3-7-20(18)23-11-4-5-12-23/h2-3,6-9,14H,4-5,10-13H2,1H3,(H,22,26). The summed E-state index contributed by atoms with van der Waals surface area (Å²) < 4.78 is 0. The molecule has 2 aromatic carbocycles. The number of anilines is 3. The predicted octanol–water partition coefficient (Wildman–Crippen LogP) is 3.45. The van der Waals surface area contributed by atoms with Gasteiger partial charge in [0.15, 0.2) is 0 Å². The Labute approximate surface area is 153 Å². The average Bonchev–Trinajstić information content (AvgIpc) is 3.31. The Bertz CT molecular complexity index is 856. The van der Waals surface area contributed by atoms with E-state index in [1.54, 1.807) is 17.9 Å². The monoisotopic (exact) mass is 349 g/mol. The summed E-state index contributed by atoms with van der Waals surface area (Å²) in [7, 11) is 0. The highest BCUT2D eigenvalue weighted by molar-refractivity contribution is 6.06. The minimum absolute atomic E-state index is 0.0421. The van der Waals surface area contributed by atoms with Crippen molar-refractivity contribution in [1.29, 1.82) is 0 Å². The molecule has 0 aliphatic carbocycles. The third kappa shape index (κ3) is 3.05. The largest absolute Gasteiger partial charge is 0.370 e. The van der Waals surface area contributed by atoms with Gasteiger partial charge in [0, 0.05) is 37.8 Å². The highest BCUT2D eigenvalue weighted by Gasteiger charge is 2.23. The van der Waals surface area contributed by atoms with Crippen molar-refractivity contribution in [3.8, 4) is 0 Å². The molecule has 2 amide bonds. The SMILES string of the molecule is CC(=O)N1CCc2cc(C(=O)Nc3ccccc3N3CCCC3)ccc21. The van der Waals surface area contributed by atoms with Gasteiger partial charge in [0.05, 0.1) is 11.4 Å². The number of hydrogen-bond acceptors (Lipinski definition) is 3. The summed E-state index contributed by atoms with van der Waals surface area (Å²) in [6, 6.07) is 13.6. The van der Waals surface area contributed by atoms with E-state index in [2.05, 4.69) is 16.3 Å². The van der Waals surface area contributed by atoms with Crippen LogP contribution in [0.1, 0.15) is 35.7 Å². The molecule has 1 N–H and O–H groups in total. The van der Waals surface area contributed by atoms with Crippen molar-refractivity contribution in [2.24, 2.45) is 0 Å². The van der Waals surface area contributed by atoms with Gasteiger partial charge in [-0.05, 0) is 55.2 Å². The maximum Gasteiger partial charge on any atom is 0.255 e. The number of para-hydroxylation sites is 2. The van der Waals surface area contributed by atoms with E-state index >= 15 is 0 Å². The molecule has 134 valence electrons. The molecule has 2 heterocycles. The second kappa shape index (κ2) is 6.83. The fourth-order valence-corrected chi connectivity index (χ4v) is 3.88. The fraction of sp³-hybridized carbons (Fsp3) is 0.333. The summed E-state index contributed by atoms with van der Waals surface area (Å²) in [5.41, 5.74) is 4.55. The summed E-state index contributed by atoms with van der Waals surface area (Å²) in [4.78, 5) is 28.5. The summed E-state index contributed by atoms with van der Waals surface area (Å²) in [5.74, 6) is -0.0683. The lowest BCUT2D eigenvalue weighted by molar-refractivity contribution is -0.116. The average molecular weight is 349 g/mol. The molecule has 5 heteroatoms. The third-order valence-corrected chi connectivity index (χ3v) is 5.22. The van der Waals surface area contributed by atoms with E-state index in [0.29, 0.717) is 12.1 Å². The number of nitrogens with zero attached hydrogens (tertiary/aromatic N) is 2. The van der Waals surface area contributed by atoms with Crippen LogP contribution in [0.25, 0.3) is 0 Å². The van der Waals surface area contributed by atoms with Crippen LogP contribution in [0.3, 0.4) is 0 Å². The van der Waals surface area contributed by atoms with E-state index < -0.39 is 0 Å². The van der Waals surface area contributed by atoms with Crippen molar-refractivity contribution in [2.75, 3.05) is 34.8 Å². The third-order valence-electron chi connectivity index (χ3n) is 5.22. The van der Waals surface area contributed by atoms with E-state index in [-0.39, 0.29) is 11.8 Å². The van der Waals surface area contributed by atoms with Crippen LogP contribution in [-0.2, 0) is 11.2 Å². The smallest absolute Gasteiger partial charge is 0.255 e. The maximum absolute atomic E-state index is 12.8. The van der Waals surface area contributed by atoms with E-state index in [9.17, 15) is 9.59 Å². The Morgan fingerprint density at radius 1 is 0.962 bits per heavy atom. The summed E-state index contributed by atoms with van der Waals surface area (Å²) in [6.07, 6.45) is 3.18. The fourth-order valence-electron chi connectivity index (χ4n) is 3.88. The zero-order chi connectivity index (χ0) is 18.1. The van der Waals surface area contributed by atoms with Crippen molar-refractivity contribution in [3.05, 3.63) is 53.6 Å². The Morgan fingerprint density at radius 2 is 1.73 bits per heavy atom. The summed E-state index contributed by atoms with van der Waals surface area (Å²) in [6.45, 7) is 4.33. The molecule has 0 aromatic heterocycles. The zero-order valence-corrected chi connectivity index (χ0v) is 15.0. The quantitative estimate of drug-likeness (QED) is 0.923. The lowest BCUT2D eigenvalue weighted by Crippen LogP contribution is -2.25. The number of benzene rings is 2. The number of hydrogen-bond donors (Lipinski definition) is 1. The van der Waals surface area contributed by atoms with Crippen molar-refractivity contribution in [1.82, 2.24) is 0 Å². The molecule has 1 saturated heterocycles. The van der Waals surface area contributed by atoms with Gasteiger partial charge < -0.3 is 15.1 Å². The number of fused-ring (bicyclic) bond motifs is 1. The number of nitrogens with one attached hydrogen (secondary N) is 1. The second-order valence-corrected chi connectivity index (χ2v) is 6.93. The molecule has 2 aromatic rings. The van der Waals surface area contributed by atoms with Crippen molar-refractivity contribution in [2.45, 2.75) is 26.2 Å². The molecule has 4 rings (SSSR count). The van der Waals surface area contributed by atoms with E-state index in [0.717, 1.165) is 42.1 Å². The van der Waals surface area contributed by atoms with Crippen molar-refractivity contribution < 1.29 is 9.59 Å². The molecule has 0 atom stereocenters. The van der Waals surface area contributed by atoms with Gasteiger partial charge in [-0.15, -0.1) is 0 Å². The number of amides is 2. The van der Waals surface area contributed by atoms with Gasteiger partial charge in [0.1, 0.15) is 0 Å². The molecule has 0 bridgehead atoms. The Hall–Kier alpha value is -2.82. The highest BCUT2D eigenvalue weighted by atomic mass is 16.2.